The number of ketones is 1. The normalized spacial score (nSPS) is 21.8. The van der Waals surface area contributed by atoms with Crippen molar-refractivity contribution in [3.63, 3.8) is 0 Å². The van der Waals surface area contributed by atoms with E-state index in [2.05, 4.69) is 0 Å². The van der Waals surface area contributed by atoms with Crippen LogP contribution < -0.4 is 0 Å². The first kappa shape index (κ1) is 9.84. The van der Waals surface area contributed by atoms with Crippen LogP contribution in [0.2, 0.25) is 0 Å². The SMILES string of the molecule is Cc1ccoc1CSC1CCCC1=O. The molecule has 1 aliphatic rings. The van der Waals surface area contributed by atoms with Crippen LogP contribution in [0.15, 0.2) is 16.7 Å². The van der Waals surface area contributed by atoms with Crippen LogP contribution in [0.5, 0.6) is 0 Å². The monoisotopic (exact) mass is 210 g/mol. The fourth-order valence-electron chi connectivity index (χ4n) is 1.69. The van der Waals surface area contributed by atoms with Crippen molar-refractivity contribution in [2.45, 2.75) is 37.2 Å². The maximum atomic E-state index is 11.4. The van der Waals surface area contributed by atoms with Crippen molar-refractivity contribution in [3.05, 3.63) is 23.7 Å². The molecule has 0 aliphatic heterocycles. The van der Waals surface area contributed by atoms with Gasteiger partial charge in [0.25, 0.3) is 0 Å². The Bertz CT molecular complexity index is 330. The molecule has 14 heavy (non-hydrogen) atoms. The zero-order chi connectivity index (χ0) is 9.97. The number of Topliss-reactive ketones (excluding diaryl/α,β-unsaturated/α-hetero) is 1. The second kappa shape index (κ2) is 4.22. The second-order valence-electron chi connectivity index (χ2n) is 3.68. The lowest BCUT2D eigenvalue weighted by Crippen LogP contribution is -2.08. The number of furan rings is 1. The molecule has 0 aromatic carbocycles. The minimum absolute atomic E-state index is 0.222. The van der Waals surface area contributed by atoms with E-state index in [-0.39, 0.29) is 5.25 Å². The van der Waals surface area contributed by atoms with Gasteiger partial charge in [-0.05, 0) is 31.4 Å². The second-order valence-corrected chi connectivity index (χ2v) is 4.88. The Balaban J connectivity index is 1.88. The lowest BCUT2D eigenvalue weighted by atomic mass is 10.3. The molecule has 1 unspecified atom stereocenters. The summed E-state index contributed by atoms with van der Waals surface area (Å²) in [5.41, 5.74) is 1.18. The average molecular weight is 210 g/mol. The van der Waals surface area contributed by atoms with Crippen molar-refractivity contribution in [2.75, 3.05) is 0 Å². The summed E-state index contributed by atoms with van der Waals surface area (Å²) in [6.45, 7) is 2.04. The molecule has 1 saturated carbocycles. The van der Waals surface area contributed by atoms with Gasteiger partial charge in [0.1, 0.15) is 11.5 Å². The van der Waals surface area contributed by atoms with Crippen molar-refractivity contribution < 1.29 is 9.21 Å². The lowest BCUT2D eigenvalue weighted by Gasteiger charge is -2.05. The third-order valence-corrected chi connectivity index (χ3v) is 3.96. The van der Waals surface area contributed by atoms with Gasteiger partial charge in [0, 0.05) is 6.42 Å². The Labute approximate surface area is 88.1 Å². The molecule has 1 heterocycles. The molecule has 1 atom stereocenters. The molecule has 0 spiro atoms. The Hall–Kier alpha value is -0.700. The molecular formula is C11H14O2S. The predicted molar refractivity (Wildman–Crippen MR) is 57.4 cm³/mol. The summed E-state index contributed by atoms with van der Waals surface area (Å²) in [6.07, 6.45) is 4.59. The summed E-state index contributed by atoms with van der Waals surface area (Å²) in [4.78, 5) is 11.4. The molecule has 76 valence electrons. The van der Waals surface area contributed by atoms with Crippen molar-refractivity contribution >= 4 is 17.5 Å². The van der Waals surface area contributed by atoms with E-state index >= 15 is 0 Å². The first-order valence-corrected chi connectivity index (χ1v) is 5.99. The number of aryl methyl sites for hydroxylation is 1. The summed E-state index contributed by atoms with van der Waals surface area (Å²) in [5, 5.41) is 0.222. The van der Waals surface area contributed by atoms with E-state index in [1.165, 1.54) is 5.56 Å². The minimum atomic E-state index is 0.222. The van der Waals surface area contributed by atoms with Crippen LogP contribution in [0.4, 0.5) is 0 Å². The summed E-state index contributed by atoms with van der Waals surface area (Å²) >= 11 is 1.72. The van der Waals surface area contributed by atoms with Gasteiger partial charge in [0.2, 0.25) is 0 Å². The number of carbonyl (C=O) groups excluding carboxylic acids is 1. The first-order chi connectivity index (χ1) is 6.77. The predicted octanol–water partition coefficient (Wildman–Crippen LogP) is 2.94. The van der Waals surface area contributed by atoms with E-state index < -0.39 is 0 Å². The Morgan fingerprint density at radius 2 is 2.50 bits per heavy atom. The molecule has 1 aliphatic carbocycles. The summed E-state index contributed by atoms with van der Waals surface area (Å²) in [7, 11) is 0. The number of hydrogen-bond donors (Lipinski definition) is 0. The maximum Gasteiger partial charge on any atom is 0.145 e. The number of hydrogen-bond acceptors (Lipinski definition) is 3. The quantitative estimate of drug-likeness (QED) is 0.768. The third-order valence-electron chi connectivity index (χ3n) is 2.63. The standard InChI is InChI=1S/C11H14O2S/c1-8-5-6-13-10(8)7-14-11-4-2-3-9(11)12/h5-6,11H,2-4,7H2,1H3. The van der Waals surface area contributed by atoms with Gasteiger partial charge in [-0.15, -0.1) is 11.8 Å². The van der Waals surface area contributed by atoms with Gasteiger partial charge in [0.15, 0.2) is 0 Å². The molecule has 1 aromatic heterocycles. The molecule has 1 aromatic rings. The number of rotatable bonds is 3. The topological polar surface area (TPSA) is 30.2 Å². The van der Waals surface area contributed by atoms with Gasteiger partial charge in [-0.2, -0.15) is 0 Å². The van der Waals surface area contributed by atoms with E-state index in [4.69, 9.17) is 4.42 Å². The molecule has 2 rings (SSSR count). The smallest absolute Gasteiger partial charge is 0.145 e. The molecule has 0 bridgehead atoms. The summed E-state index contributed by atoms with van der Waals surface area (Å²) in [5.74, 6) is 2.25. The highest BCUT2D eigenvalue weighted by Gasteiger charge is 2.24. The highest BCUT2D eigenvalue weighted by Crippen LogP contribution is 2.29. The largest absolute Gasteiger partial charge is 0.468 e. The third kappa shape index (κ3) is 2.03. The molecule has 0 radical (unpaired) electrons. The van der Waals surface area contributed by atoms with Crippen LogP contribution in [-0.4, -0.2) is 11.0 Å². The molecular weight excluding hydrogens is 196 g/mol. The van der Waals surface area contributed by atoms with E-state index in [0.717, 1.165) is 30.8 Å². The van der Waals surface area contributed by atoms with Crippen molar-refractivity contribution in [2.24, 2.45) is 0 Å². The van der Waals surface area contributed by atoms with Crippen LogP contribution in [0, 0.1) is 6.92 Å². The van der Waals surface area contributed by atoms with E-state index in [1.54, 1.807) is 18.0 Å². The number of carbonyl (C=O) groups is 1. The molecule has 0 amide bonds. The van der Waals surface area contributed by atoms with Gasteiger partial charge >= 0.3 is 0 Å². The fourth-order valence-corrected chi connectivity index (χ4v) is 2.97. The molecule has 2 nitrogen and oxygen atoms in total. The van der Waals surface area contributed by atoms with Crippen LogP contribution in [-0.2, 0) is 10.5 Å². The van der Waals surface area contributed by atoms with Crippen LogP contribution in [0.3, 0.4) is 0 Å². The minimum Gasteiger partial charge on any atom is -0.468 e. The van der Waals surface area contributed by atoms with Crippen LogP contribution >= 0.6 is 11.8 Å². The molecule has 3 heteroatoms. The van der Waals surface area contributed by atoms with Crippen LogP contribution in [0.1, 0.15) is 30.6 Å². The van der Waals surface area contributed by atoms with Crippen molar-refractivity contribution in [1.29, 1.82) is 0 Å². The summed E-state index contributed by atoms with van der Waals surface area (Å²) in [6, 6.07) is 1.96. The highest BCUT2D eigenvalue weighted by molar-refractivity contribution is 7.99. The average Bonchev–Trinajstić information content (AvgIpc) is 2.72. The molecule has 0 N–H and O–H groups in total. The molecule has 1 fully saturated rings. The van der Waals surface area contributed by atoms with Gasteiger partial charge in [-0.25, -0.2) is 0 Å². The summed E-state index contributed by atoms with van der Waals surface area (Å²) < 4.78 is 5.33. The van der Waals surface area contributed by atoms with Gasteiger partial charge in [-0.1, -0.05) is 0 Å². The Kier molecular flexibility index (Phi) is 2.96. The van der Waals surface area contributed by atoms with Crippen molar-refractivity contribution in [3.8, 4) is 0 Å². The van der Waals surface area contributed by atoms with Gasteiger partial charge < -0.3 is 4.42 Å². The lowest BCUT2D eigenvalue weighted by molar-refractivity contribution is -0.116. The fraction of sp³-hybridized carbons (Fsp3) is 0.545. The van der Waals surface area contributed by atoms with Crippen LogP contribution in [0.25, 0.3) is 0 Å². The van der Waals surface area contributed by atoms with Crippen molar-refractivity contribution in [1.82, 2.24) is 0 Å². The van der Waals surface area contributed by atoms with E-state index in [1.807, 2.05) is 13.0 Å². The molecule has 0 saturated heterocycles. The van der Waals surface area contributed by atoms with E-state index in [9.17, 15) is 4.79 Å². The highest BCUT2D eigenvalue weighted by atomic mass is 32.2. The van der Waals surface area contributed by atoms with Gasteiger partial charge in [0.05, 0.1) is 17.3 Å². The maximum absolute atomic E-state index is 11.4. The Morgan fingerprint density at radius 3 is 3.07 bits per heavy atom. The first-order valence-electron chi connectivity index (χ1n) is 4.94. The van der Waals surface area contributed by atoms with Gasteiger partial charge in [-0.3, -0.25) is 4.79 Å². The number of thioether (sulfide) groups is 1. The van der Waals surface area contributed by atoms with E-state index in [0.29, 0.717) is 5.78 Å². The zero-order valence-corrected chi connectivity index (χ0v) is 9.10. The Morgan fingerprint density at radius 1 is 1.64 bits per heavy atom. The zero-order valence-electron chi connectivity index (χ0n) is 8.29.